The van der Waals surface area contributed by atoms with E-state index in [1.807, 2.05) is 24.3 Å². The van der Waals surface area contributed by atoms with Crippen LogP contribution in [0.5, 0.6) is 0 Å². The van der Waals surface area contributed by atoms with E-state index in [9.17, 15) is 18.0 Å². The number of benzene rings is 2. The molecule has 2 aliphatic rings. The van der Waals surface area contributed by atoms with Gasteiger partial charge >= 0.3 is 0 Å². The van der Waals surface area contributed by atoms with Crippen LogP contribution in [0.1, 0.15) is 42.5 Å². The van der Waals surface area contributed by atoms with E-state index in [-0.39, 0.29) is 22.6 Å². The van der Waals surface area contributed by atoms with Gasteiger partial charge in [-0.1, -0.05) is 12.5 Å². The molecule has 0 spiro atoms. The Morgan fingerprint density at radius 2 is 1.58 bits per heavy atom. The summed E-state index contributed by atoms with van der Waals surface area (Å²) in [5, 5.41) is 2.84. The minimum Gasteiger partial charge on any atom is -0.371 e. The number of nitrogens with zero attached hydrogens (tertiary/aromatic N) is 2. The zero-order valence-corrected chi connectivity index (χ0v) is 19.4. The van der Waals surface area contributed by atoms with Crippen LogP contribution in [0, 0.1) is 5.92 Å². The highest BCUT2D eigenvalue weighted by Crippen LogP contribution is 2.25. The number of piperidine rings is 2. The third kappa shape index (κ3) is 5.36. The second-order valence-electron chi connectivity index (χ2n) is 8.66. The SMILES string of the molecule is NC(=O)C1CCN(c2ccc(NC(=O)c3cccc(S(=O)(=O)N4CCCCC4)c3)cc2)CC1. The van der Waals surface area contributed by atoms with Crippen molar-refractivity contribution in [2.45, 2.75) is 37.0 Å². The molecule has 2 saturated heterocycles. The first-order valence-electron chi connectivity index (χ1n) is 11.4. The number of nitrogens with two attached hydrogens (primary N) is 1. The van der Waals surface area contributed by atoms with Crippen LogP contribution in [0.3, 0.4) is 0 Å². The molecule has 176 valence electrons. The molecule has 9 heteroatoms. The van der Waals surface area contributed by atoms with Crippen LogP contribution in [0.15, 0.2) is 53.4 Å². The summed E-state index contributed by atoms with van der Waals surface area (Å²) in [7, 11) is -3.60. The molecule has 0 atom stereocenters. The Morgan fingerprint density at radius 3 is 2.21 bits per heavy atom. The van der Waals surface area contributed by atoms with Crippen LogP contribution in [0.2, 0.25) is 0 Å². The molecule has 2 aliphatic heterocycles. The minimum atomic E-state index is -3.60. The molecule has 33 heavy (non-hydrogen) atoms. The lowest BCUT2D eigenvalue weighted by molar-refractivity contribution is -0.122. The fourth-order valence-corrected chi connectivity index (χ4v) is 6.00. The van der Waals surface area contributed by atoms with Crippen LogP contribution < -0.4 is 16.0 Å². The van der Waals surface area contributed by atoms with Crippen LogP contribution in [-0.4, -0.2) is 50.7 Å². The van der Waals surface area contributed by atoms with Gasteiger partial charge in [-0.15, -0.1) is 0 Å². The lowest BCUT2D eigenvalue weighted by atomic mass is 9.96. The van der Waals surface area contributed by atoms with E-state index >= 15 is 0 Å². The molecule has 2 amide bonds. The lowest BCUT2D eigenvalue weighted by Crippen LogP contribution is -2.38. The number of sulfonamides is 1. The van der Waals surface area contributed by atoms with Crippen molar-refractivity contribution >= 4 is 33.2 Å². The van der Waals surface area contributed by atoms with E-state index in [0.29, 0.717) is 24.3 Å². The molecule has 0 bridgehead atoms. The predicted molar refractivity (Wildman–Crippen MR) is 128 cm³/mol. The standard InChI is InChI=1S/C24H30N4O4S/c25-23(29)18-11-15-27(16-12-18)21-9-7-20(8-10-21)26-24(30)19-5-4-6-22(17-19)33(31,32)28-13-2-1-3-14-28/h4-10,17-18H,1-3,11-16H2,(H2,25,29)(H,26,30). The highest BCUT2D eigenvalue weighted by molar-refractivity contribution is 7.89. The molecule has 0 radical (unpaired) electrons. The van der Waals surface area contributed by atoms with Gasteiger partial charge in [-0.3, -0.25) is 9.59 Å². The number of carbonyl (C=O) groups excluding carboxylic acids is 2. The van der Waals surface area contributed by atoms with Crippen molar-refractivity contribution < 1.29 is 18.0 Å². The van der Waals surface area contributed by atoms with Gasteiger partial charge in [-0.05, 0) is 68.1 Å². The van der Waals surface area contributed by atoms with Gasteiger partial charge in [0.2, 0.25) is 15.9 Å². The van der Waals surface area contributed by atoms with Crippen molar-refractivity contribution in [1.29, 1.82) is 0 Å². The van der Waals surface area contributed by atoms with E-state index in [1.54, 1.807) is 12.1 Å². The topological polar surface area (TPSA) is 113 Å². The molecule has 2 fully saturated rings. The number of nitrogens with one attached hydrogen (secondary N) is 1. The molecule has 4 rings (SSSR count). The molecule has 0 unspecified atom stereocenters. The molecule has 0 saturated carbocycles. The maximum absolute atomic E-state index is 12.9. The number of amides is 2. The molecule has 0 aromatic heterocycles. The summed E-state index contributed by atoms with van der Waals surface area (Å²) in [5.41, 5.74) is 7.34. The average Bonchev–Trinajstić information content (AvgIpc) is 2.85. The molecule has 2 aromatic carbocycles. The van der Waals surface area contributed by atoms with E-state index in [4.69, 9.17) is 5.73 Å². The summed E-state index contributed by atoms with van der Waals surface area (Å²) in [6.07, 6.45) is 4.24. The van der Waals surface area contributed by atoms with Crippen LogP contribution in [0.4, 0.5) is 11.4 Å². The highest BCUT2D eigenvalue weighted by Gasteiger charge is 2.27. The zero-order valence-electron chi connectivity index (χ0n) is 18.6. The average molecular weight is 471 g/mol. The maximum atomic E-state index is 12.9. The Bertz CT molecular complexity index is 1100. The summed E-state index contributed by atoms with van der Waals surface area (Å²) in [6, 6.07) is 13.7. The third-order valence-corrected chi connectivity index (χ3v) is 8.33. The van der Waals surface area contributed by atoms with Crippen molar-refractivity contribution in [3.63, 3.8) is 0 Å². The summed E-state index contributed by atoms with van der Waals surface area (Å²) < 4.78 is 27.4. The number of carbonyl (C=O) groups is 2. The van der Waals surface area contributed by atoms with Crippen molar-refractivity contribution in [2.24, 2.45) is 11.7 Å². The minimum absolute atomic E-state index is 0.0608. The Labute approximate surface area is 194 Å². The number of anilines is 2. The van der Waals surface area contributed by atoms with Gasteiger partial charge < -0.3 is 16.0 Å². The van der Waals surface area contributed by atoms with Crippen molar-refractivity contribution in [3.05, 3.63) is 54.1 Å². The van der Waals surface area contributed by atoms with E-state index in [1.165, 1.54) is 16.4 Å². The van der Waals surface area contributed by atoms with Crippen molar-refractivity contribution in [2.75, 3.05) is 36.4 Å². The van der Waals surface area contributed by atoms with E-state index in [2.05, 4.69) is 10.2 Å². The fourth-order valence-electron chi connectivity index (χ4n) is 4.43. The Kier molecular flexibility index (Phi) is 6.99. The first-order chi connectivity index (χ1) is 15.8. The van der Waals surface area contributed by atoms with Gasteiger partial charge in [0.05, 0.1) is 4.90 Å². The zero-order chi connectivity index (χ0) is 23.4. The van der Waals surface area contributed by atoms with Gasteiger partial charge in [-0.2, -0.15) is 4.31 Å². The van der Waals surface area contributed by atoms with Gasteiger partial charge in [0.15, 0.2) is 0 Å². The van der Waals surface area contributed by atoms with Crippen LogP contribution >= 0.6 is 0 Å². The first kappa shape index (κ1) is 23.3. The second kappa shape index (κ2) is 9.93. The second-order valence-corrected chi connectivity index (χ2v) is 10.6. The van der Waals surface area contributed by atoms with Crippen LogP contribution in [0.25, 0.3) is 0 Å². The van der Waals surface area contributed by atoms with Crippen LogP contribution in [-0.2, 0) is 14.8 Å². The van der Waals surface area contributed by atoms with E-state index < -0.39 is 10.0 Å². The molecule has 8 nitrogen and oxygen atoms in total. The molecular formula is C24H30N4O4S. The molecule has 0 aliphatic carbocycles. The summed E-state index contributed by atoms with van der Waals surface area (Å²) in [4.78, 5) is 26.5. The molecule has 2 heterocycles. The normalized spacial score (nSPS) is 18.1. The van der Waals surface area contributed by atoms with Gasteiger partial charge in [0.25, 0.3) is 5.91 Å². The predicted octanol–water partition coefficient (Wildman–Crippen LogP) is 2.82. The van der Waals surface area contributed by atoms with Gasteiger partial charge in [0.1, 0.15) is 0 Å². The summed E-state index contributed by atoms with van der Waals surface area (Å²) >= 11 is 0. The first-order valence-corrected chi connectivity index (χ1v) is 12.8. The Hall–Kier alpha value is -2.91. The van der Waals surface area contributed by atoms with E-state index in [0.717, 1.165) is 50.9 Å². The number of hydrogen-bond donors (Lipinski definition) is 2. The Morgan fingerprint density at radius 1 is 0.909 bits per heavy atom. The Balaban J connectivity index is 1.40. The smallest absolute Gasteiger partial charge is 0.255 e. The number of rotatable bonds is 6. The van der Waals surface area contributed by atoms with Gasteiger partial charge in [0, 0.05) is 49.0 Å². The third-order valence-electron chi connectivity index (χ3n) is 6.44. The quantitative estimate of drug-likeness (QED) is 0.674. The molecular weight excluding hydrogens is 440 g/mol. The lowest BCUT2D eigenvalue weighted by Gasteiger charge is -2.32. The van der Waals surface area contributed by atoms with Gasteiger partial charge in [-0.25, -0.2) is 8.42 Å². The maximum Gasteiger partial charge on any atom is 0.255 e. The molecule has 2 aromatic rings. The highest BCUT2D eigenvalue weighted by atomic mass is 32.2. The summed E-state index contributed by atoms with van der Waals surface area (Å²) in [5.74, 6) is -0.657. The van der Waals surface area contributed by atoms with Crippen molar-refractivity contribution in [1.82, 2.24) is 4.31 Å². The summed E-state index contributed by atoms with van der Waals surface area (Å²) in [6.45, 7) is 2.56. The van der Waals surface area contributed by atoms with Crippen molar-refractivity contribution in [3.8, 4) is 0 Å². The number of hydrogen-bond acceptors (Lipinski definition) is 5. The fraction of sp³-hybridized carbons (Fsp3) is 0.417. The molecule has 3 N–H and O–H groups in total. The largest absolute Gasteiger partial charge is 0.371 e. The number of primary amides is 1. The monoisotopic (exact) mass is 470 g/mol.